The first-order valence-corrected chi connectivity index (χ1v) is 10.9. The van der Waals surface area contributed by atoms with Gasteiger partial charge in [0, 0.05) is 5.56 Å². The van der Waals surface area contributed by atoms with E-state index < -0.39 is 15.6 Å². The lowest BCUT2D eigenvalue weighted by atomic mass is 9.96. The SMILES string of the molecule is Cc1ccc(S(=O)(=O)NC(C)(C)c2ccccc2)c(-c2cccc(C)c2C)c1. The normalized spacial score (nSPS) is 12.2. The number of rotatable bonds is 5. The van der Waals surface area contributed by atoms with Crippen LogP contribution in [-0.4, -0.2) is 8.42 Å². The summed E-state index contributed by atoms with van der Waals surface area (Å²) in [7, 11) is -3.74. The van der Waals surface area contributed by atoms with Crippen molar-refractivity contribution in [3.05, 3.63) is 89.0 Å². The predicted octanol–water partition coefficient (Wildman–Crippen LogP) is 5.49. The standard InChI is InChI=1S/C24H27NO2S/c1-17-14-15-23(22(16-17)21-13-9-10-18(2)19(21)3)28(26,27)25-24(4,5)20-11-7-6-8-12-20/h6-16,25H,1-5H3. The molecule has 0 aliphatic carbocycles. The van der Waals surface area contributed by atoms with E-state index in [2.05, 4.69) is 4.72 Å². The summed E-state index contributed by atoms with van der Waals surface area (Å²) >= 11 is 0. The van der Waals surface area contributed by atoms with Crippen molar-refractivity contribution in [3.8, 4) is 11.1 Å². The van der Waals surface area contributed by atoms with Crippen LogP contribution in [0.2, 0.25) is 0 Å². The van der Waals surface area contributed by atoms with Gasteiger partial charge in [0.2, 0.25) is 10.0 Å². The highest BCUT2D eigenvalue weighted by molar-refractivity contribution is 7.89. The molecule has 3 aromatic carbocycles. The molecule has 0 amide bonds. The fraction of sp³-hybridized carbons (Fsp3) is 0.250. The molecule has 0 unspecified atom stereocenters. The number of nitrogens with one attached hydrogen (secondary N) is 1. The minimum atomic E-state index is -3.74. The average Bonchev–Trinajstić information content (AvgIpc) is 2.63. The molecule has 3 aromatic rings. The van der Waals surface area contributed by atoms with E-state index in [0.717, 1.165) is 33.4 Å². The van der Waals surface area contributed by atoms with E-state index in [0.29, 0.717) is 4.90 Å². The van der Waals surface area contributed by atoms with E-state index >= 15 is 0 Å². The van der Waals surface area contributed by atoms with Crippen molar-refractivity contribution >= 4 is 10.0 Å². The monoisotopic (exact) mass is 393 g/mol. The van der Waals surface area contributed by atoms with Crippen molar-refractivity contribution in [2.45, 2.75) is 45.1 Å². The van der Waals surface area contributed by atoms with Crippen molar-refractivity contribution in [1.82, 2.24) is 4.72 Å². The van der Waals surface area contributed by atoms with E-state index in [9.17, 15) is 8.42 Å². The fourth-order valence-corrected chi connectivity index (χ4v) is 5.04. The van der Waals surface area contributed by atoms with Crippen LogP contribution in [0.5, 0.6) is 0 Å². The van der Waals surface area contributed by atoms with Gasteiger partial charge in [-0.3, -0.25) is 0 Å². The lowest BCUT2D eigenvalue weighted by molar-refractivity contribution is 0.472. The fourth-order valence-electron chi connectivity index (χ4n) is 3.44. The van der Waals surface area contributed by atoms with Crippen LogP contribution in [0.25, 0.3) is 11.1 Å². The van der Waals surface area contributed by atoms with Crippen molar-refractivity contribution in [3.63, 3.8) is 0 Å². The second-order valence-electron chi connectivity index (χ2n) is 7.84. The molecule has 0 spiro atoms. The molecule has 0 saturated carbocycles. The Kier molecular flexibility index (Phi) is 5.46. The number of sulfonamides is 1. The Morgan fingerprint density at radius 3 is 2.14 bits per heavy atom. The molecule has 4 heteroatoms. The maximum absolute atomic E-state index is 13.4. The third-order valence-electron chi connectivity index (χ3n) is 5.20. The van der Waals surface area contributed by atoms with Gasteiger partial charge in [0.1, 0.15) is 0 Å². The van der Waals surface area contributed by atoms with Crippen molar-refractivity contribution in [1.29, 1.82) is 0 Å². The second-order valence-corrected chi connectivity index (χ2v) is 9.49. The molecule has 0 aliphatic heterocycles. The number of hydrogen-bond donors (Lipinski definition) is 1. The lowest BCUT2D eigenvalue weighted by Crippen LogP contribution is -2.41. The third kappa shape index (κ3) is 4.03. The van der Waals surface area contributed by atoms with Gasteiger partial charge < -0.3 is 0 Å². The van der Waals surface area contributed by atoms with Crippen LogP contribution >= 0.6 is 0 Å². The zero-order valence-corrected chi connectivity index (χ0v) is 17.9. The summed E-state index contributed by atoms with van der Waals surface area (Å²) in [5.41, 5.74) is 5.12. The molecule has 0 bridgehead atoms. The summed E-state index contributed by atoms with van der Waals surface area (Å²) in [6.07, 6.45) is 0. The van der Waals surface area contributed by atoms with Gasteiger partial charge in [-0.25, -0.2) is 13.1 Å². The molecule has 3 nitrogen and oxygen atoms in total. The van der Waals surface area contributed by atoms with Crippen molar-refractivity contribution in [2.24, 2.45) is 0 Å². The van der Waals surface area contributed by atoms with Crippen LogP contribution in [-0.2, 0) is 15.6 Å². The molecule has 0 aliphatic rings. The molecule has 0 radical (unpaired) electrons. The Bertz CT molecular complexity index is 1100. The highest BCUT2D eigenvalue weighted by Gasteiger charge is 2.29. The molecule has 28 heavy (non-hydrogen) atoms. The average molecular weight is 394 g/mol. The van der Waals surface area contributed by atoms with E-state index in [1.54, 1.807) is 6.07 Å². The summed E-state index contributed by atoms with van der Waals surface area (Å²) in [6.45, 7) is 9.81. The topological polar surface area (TPSA) is 46.2 Å². The number of hydrogen-bond acceptors (Lipinski definition) is 2. The van der Waals surface area contributed by atoms with E-state index in [1.165, 1.54) is 0 Å². The Hall–Kier alpha value is -2.43. The predicted molar refractivity (Wildman–Crippen MR) is 116 cm³/mol. The summed E-state index contributed by atoms with van der Waals surface area (Å²) in [6, 6.07) is 21.1. The molecule has 0 heterocycles. The molecule has 0 atom stereocenters. The van der Waals surface area contributed by atoms with Gasteiger partial charge in [0.25, 0.3) is 0 Å². The van der Waals surface area contributed by atoms with Crippen LogP contribution in [0.1, 0.15) is 36.1 Å². The van der Waals surface area contributed by atoms with Gasteiger partial charge in [-0.15, -0.1) is 0 Å². The zero-order chi connectivity index (χ0) is 20.5. The summed E-state index contributed by atoms with van der Waals surface area (Å²) in [5.74, 6) is 0. The van der Waals surface area contributed by atoms with Gasteiger partial charge in [0.15, 0.2) is 0 Å². The van der Waals surface area contributed by atoms with Crippen LogP contribution in [0.4, 0.5) is 0 Å². The van der Waals surface area contributed by atoms with E-state index in [-0.39, 0.29) is 0 Å². The summed E-state index contributed by atoms with van der Waals surface area (Å²) in [4.78, 5) is 0.302. The van der Waals surface area contributed by atoms with E-state index in [1.807, 2.05) is 95.3 Å². The second kappa shape index (κ2) is 7.53. The largest absolute Gasteiger partial charge is 0.241 e. The van der Waals surface area contributed by atoms with Gasteiger partial charge in [-0.1, -0.05) is 66.2 Å². The molecule has 0 saturated heterocycles. The lowest BCUT2D eigenvalue weighted by Gasteiger charge is -2.27. The molecule has 0 fully saturated rings. The van der Waals surface area contributed by atoms with Gasteiger partial charge in [-0.05, 0) is 62.9 Å². The summed E-state index contributed by atoms with van der Waals surface area (Å²) < 4.78 is 29.7. The molecule has 3 rings (SSSR count). The molecular formula is C24H27NO2S. The highest BCUT2D eigenvalue weighted by Crippen LogP contribution is 2.33. The van der Waals surface area contributed by atoms with Gasteiger partial charge >= 0.3 is 0 Å². The van der Waals surface area contributed by atoms with Crippen LogP contribution in [0.3, 0.4) is 0 Å². The Labute approximate surface area is 168 Å². The van der Waals surface area contributed by atoms with Crippen molar-refractivity contribution < 1.29 is 8.42 Å². The first-order chi connectivity index (χ1) is 13.1. The minimum Gasteiger partial charge on any atom is -0.207 e. The van der Waals surface area contributed by atoms with Crippen molar-refractivity contribution in [2.75, 3.05) is 0 Å². The number of benzene rings is 3. The molecule has 146 valence electrons. The molecule has 1 N–H and O–H groups in total. The maximum Gasteiger partial charge on any atom is 0.241 e. The molecular weight excluding hydrogens is 366 g/mol. The molecule has 0 aromatic heterocycles. The Balaban J connectivity index is 2.12. The maximum atomic E-state index is 13.4. The minimum absolute atomic E-state index is 0.302. The van der Waals surface area contributed by atoms with Crippen LogP contribution in [0, 0.1) is 20.8 Å². The summed E-state index contributed by atoms with van der Waals surface area (Å²) in [5, 5.41) is 0. The van der Waals surface area contributed by atoms with Gasteiger partial charge in [-0.2, -0.15) is 0 Å². The zero-order valence-electron chi connectivity index (χ0n) is 17.1. The van der Waals surface area contributed by atoms with Crippen LogP contribution < -0.4 is 4.72 Å². The highest BCUT2D eigenvalue weighted by atomic mass is 32.2. The smallest absolute Gasteiger partial charge is 0.207 e. The quantitative estimate of drug-likeness (QED) is 0.623. The Morgan fingerprint density at radius 1 is 0.786 bits per heavy atom. The number of aryl methyl sites for hydroxylation is 2. The first-order valence-electron chi connectivity index (χ1n) is 9.38. The Morgan fingerprint density at radius 2 is 1.46 bits per heavy atom. The van der Waals surface area contributed by atoms with Crippen LogP contribution in [0.15, 0.2) is 71.6 Å². The third-order valence-corrected chi connectivity index (χ3v) is 6.92. The first kappa shape index (κ1) is 20.3. The van der Waals surface area contributed by atoms with E-state index in [4.69, 9.17) is 0 Å². The van der Waals surface area contributed by atoms with Gasteiger partial charge in [0.05, 0.1) is 10.4 Å².